The molecule has 0 aliphatic heterocycles. The van der Waals surface area contributed by atoms with E-state index < -0.39 is 6.10 Å². The van der Waals surface area contributed by atoms with Gasteiger partial charge in [-0.15, -0.1) is 0 Å². The van der Waals surface area contributed by atoms with Gasteiger partial charge in [0.2, 0.25) is 5.91 Å². The Balaban J connectivity index is 1.49. The SMILES string of the molecule is O=C(C1C2CCCC21)N(Cc1ccccc1)CC(O)c1ccsc1. The van der Waals surface area contributed by atoms with Crippen LogP contribution in [0.2, 0.25) is 0 Å². The van der Waals surface area contributed by atoms with Crippen LogP contribution in [0.5, 0.6) is 0 Å². The van der Waals surface area contributed by atoms with E-state index in [2.05, 4.69) is 0 Å². The van der Waals surface area contributed by atoms with Crippen molar-refractivity contribution in [3.05, 3.63) is 58.3 Å². The predicted octanol–water partition coefficient (Wildman–Crippen LogP) is 3.86. The van der Waals surface area contributed by atoms with Crippen molar-refractivity contribution in [2.75, 3.05) is 6.54 Å². The zero-order valence-electron chi connectivity index (χ0n) is 13.7. The summed E-state index contributed by atoms with van der Waals surface area (Å²) in [6, 6.07) is 12.0. The maximum atomic E-state index is 13.0. The van der Waals surface area contributed by atoms with E-state index in [-0.39, 0.29) is 11.8 Å². The van der Waals surface area contributed by atoms with E-state index in [9.17, 15) is 9.90 Å². The summed E-state index contributed by atoms with van der Waals surface area (Å²) in [6.45, 7) is 0.956. The molecule has 3 nitrogen and oxygen atoms in total. The molecule has 126 valence electrons. The number of benzene rings is 1. The van der Waals surface area contributed by atoms with Gasteiger partial charge in [-0.2, -0.15) is 11.3 Å². The van der Waals surface area contributed by atoms with Crippen molar-refractivity contribution in [3.8, 4) is 0 Å². The number of hydrogen-bond donors (Lipinski definition) is 1. The van der Waals surface area contributed by atoms with Gasteiger partial charge in [-0.3, -0.25) is 4.79 Å². The number of hydrogen-bond acceptors (Lipinski definition) is 3. The summed E-state index contributed by atoms with van der Waals surface area (Å²) in [5.74, 6) is 1.66. The molecule has 1 aromatic heterocycles. The Morgan fingerprint density at radius 1 is 1.21 bits per heavy atom. The smallest absolute Gasteiger partial charge is 0.226 e. The maximum Gasteiger partial charge on any atom is 0.226 e. The Kier molecular flexibility index (Phi) is 4.42. The second-order valence-corrected chi connectivity index (χ2v) is 7.84. The zero-order valence-corrected chi connectivity index (χ0v) is 14.5. The van der Waals surface area contributed by atoms with Crippen LogP contribution in [-0.4, -0.2) is 22.5 Å². The molecule has 4 rings (SSSR count). The molecule has 4 heteroatoms. The Labute approximate surface area is 146 Å². The molecule has 1 N–H and O–H groups in total. The van der Waals surface area contributed by atoms with Crippen LogP contribution in [0.15, 0.2) is 47.2 Å². The first-order valence-corrected chi connectivity index (χ1v) is 9.71. The summed E-state index contributed by atoms with van der Waals surface area (Å²) < 4.78 is 0. The summed E-state index contributed by atoms with van der Waals surface area (Å²) in [5, 5.41) is 14.5. The van der Waals surface area contributed by atoms with Crippen LogP contribution >= 0.6 is 11.3 Å². The van der Waals surface area contributed by atoms with Crippen molar-refractivity contribution in [1.82, 2.24) is 4.90 Å². The van der Waals surface area contributed by atoms with Crippen LogP contribution in [0.25, 0.3) is 0 Å². The zero-order chi connectivity index (χ0) is 16.5. The lowest BCUT2D eigenvalue weighted by atomic mass is 10.1. The molecule has 3 unspecified atom stereocenters. The largest absolute Gasteiger partial charge is 0.387 e. The van der Waals surface area contributed by atoms with Crippen molar-refractivity contribution >= 4 is 17.2 Å². The standard InChI is InChI=1S/C20H23NO2S/c22-18(15-9-10-24-13-15)12-21(11-14-5-2-1-3-6-14)20(23)19-16-7-4-8-17(16)19/h1-3,5-6,9-10,13,16-19,22H,4,7-8,11-12H2. The molecule has 0 bridgehead atoms. The van der Waals surface area contributed by atoms with Crippen LogP contribution in [-0.2, 0) is 11.3 Å². The Hall–Kier alpha value is -1.65. The average Bonchev–Trinajstić information content (AvgIpc) is 3.04. The van der Waals surface area contributed by atoms with E-state index in [1.165, 1.54) is 19.3 Å². The lowest BCUT2D eigenvalue weighted by Gasteiger charge is -2.26. The number of nitrogens with zero attached hydrogens (tertiary/aromatic N) is 1. The van der Waals surface area contributed by atoms with E-state index in [1.54, 1.807) is 11.3 Å². The molecule has 1 aromatic carbocycles. The van der Waals surface area contributed by atoms with Gasteiger partial charge in [0.05, 0.1) is 12.6 Å². The number of aliphatic hydroxyl groups is 1. The third-order valence-electron chi connectivity index (χ3n) is 5.54. The van der Waals surface area contributed by atoms with E-state index in [0.717, 1.165) is 11.1 Å². The van der Waals surface area contributed by atoms with Crippen molar-refractivity contribution in [1.29, 1.82) is 0 Å². The second-order valence-electron chi connectivity index (χ2n) is 7.06. The van der Waals surface area contributed by atoms with Crippen molar-refractivity contribution in [2.24, 2.45) is 17.8 Å². The number of fused-ring (bicyclic) bond motifs is 1. The van der Waals surface area contributed by atoms with Crippen LogP contribution in [0.1, 0.15) is 36.5 Å². The van der Waals surface area contributed by atoms with E-state index in [4.69, 9.17) is 0 Å². The molecule has 24 heavy (non-hydrogen) atoms. The van der Waals surface area contributed by atoms with Gasteiger partial charge in [-0.05, 0) is 52.6 Å². The van der Waals surface area contributed by atoms with Gasteiger partial charge in [0.1, 0.15) is 0 Å². The van der Waals surface area contributed by atoms with Gasteiger partial charge in [-0.25, -0.2) is 0 Å². The molecule has 2 aromatic rings. The first kappa shape index (κ1) is 15.9. The summed E-state index contributed by atoms with van der Waals surface area (Å²) in [7, 11) is 0. The molecule has 2 fully saturated rings. The third kappa shape index (κ3) is 3.13. The fraction of sp³-hybridized carbons (Fsp3) is 0.450. The Morgan fingerprint density at radius 2 is 1.96 bits per heavy atom. The van der Waals surface area contributed by atoms with Gasteiger partial charge in [0.15, 0.2) is 0 Å². The lowest BCUT2D eigenvalue weighted by molar-refractivity contribution is -0.135. The molecule has 2 saturated carbocycles. The minimum absolute atomic E-state index is 0.206. The molecule has 0 spiro atoms. The van der Waals surface area contributed by atoms with Crippen LogP contribution in [0.3, 0.4) is 0 Å². The molecule has 1 amide bonds. The predicted molar refractivity (Wildman–Crippen MR) is 95.5 cm³/mol. The summed E-state index contributed by atoms with van der Waals surface area (Å²) in [4.78, 5) is 14.9. The summed E-state index contributed by atoms with van der Waals surface area (Å²) in [6.07, 6.45) is 3.07. The summed E-state index contributed by atoms with van der Waals surface area (Å²) in [5.41, 5.74) is 2.02. The topological polar surface area (TPSA) is 40.5 Å². The average molecular weight is 341 g/mol. The van der Waals surface area contributed by atoms with Crippen LogP contribution in [0.4, 0.5) is 0 Å². The minimum atomic E-state index is -0.609. The molecule has 0 saturated heterocycles. The number of carbonyl (C=O) groups is 1. The van der Waals surface area contributed by atoms with Gasteiger partial charge < -0.3 is 10.0 Å². The highest BCUT2D eigenvalue weighted by Gasteiger charge is 2.57. The molecule has 3 atom stereocenters. The first-order valence-electron chi connectivity index (χ1n) is 8.77. The number of amides is 1. The highest BCUT2D eigenvalue weighted by Crippen LogP contribution is 2.58. The van der Waals surface area contributed by atoms with E-state index >= 15 is 0 Å². The highest BCUT2D eigenvalue weighted by molar-refractivity contribution is 7.07. The lowest BCUT2D eigenvalue weighted by Crippen LogP contribution is -2.36. The van der Waals surface area contributed by atoms with Gasteiger partial charge in [-0.1, -0.05) is 36.8 Å². The number of aliphatic hydroxyl groups excluding tert-OH is 1. The Morgan fingerprint density at radius 3 is 2.62 bits per heavy atom. The van der Waals surface area contributed by atoms with Crippen molar-refractivity contribution in [3.63, 3.8) is 0 Å². The quantitative estimate of drug-likeness (QED) is 0.867. The molecule has 0 radical (unpaired) electrons. The Bertz CT molecular complexity index is 675. The van der Waals surface area contributed by atoms with E-state index in [0.29, 0.717) is 24.9 Å². The monoisotopic (exact) mass is 341 g/mol. The molecular formula is C20H23NO2S. The normalized spacial score (nSPS) is 26.0. The number of carbonyl (C=O) groups excluding carboxylic acids is 1. The van der Waals surface area contributed by atoms with Gasteiger partial charge in [0, 0.05) is 12.5 Å². The third-order valence-corrected chi connectivity index (χ3v) is 6.24. The highest BCUT2D eigenvalue weighted by atomic mass is 32.1. The first-order chi connectivity index (χ1) is 11.7. The van der Waals surface area contributed by atoms with Crippen molar-refractivity contribution < 1.29 is 9.90 Å². The number of thiophene rings is 1. The van der Waals surface area contributed by atoms with Crippen LogP contribution in [0, 0.1) is 17.8 Å². The molecule has 2 aliphatic rings. The fourth-order valence-corrected chi connectivity index (χ4v) is 4.92. The fourth-order valence-electron chi connectivity index (χ4n) is 4.21. The van der Waals surface area contributed by atoms with Crippen molar-refractivity contribution in [2.45, 2.75) is 31.9 Å². The van der Waals surface area contributed by atoms with Gasteiger partial charge in [0.25, 0.3) is 0 Å². The molecule has 1 heterocycles. The van der Waals surface area contributed by atoms with Crippen LogP contribution < -0.4 is 0 Å². The van der Waals surface area contributed by atoms with E-state index in [1.807, 2.05) is 52.1 Å². The molecule has 2 aliphatic carbocycles. The maximum absolute atomic E-state index is 13.0. The summed E-state index contributed by atoms with van der Waals surface area (Å²) >= 11 is 1.58. The second kappa shape index (κ2) is 6.69. The van der Waals surface area contributed by atoms with Gasteiger partial charge >= 0.3 is 0 Å². The number of rotatable bonds is 6. The molecular weight excluding hydrogens is 318 g/mol. The minimum Gasteiger partial charge on any atom is -0.387 e.